The Hall–Kier alpha value is -2.93. The normalized spacial score (nSPS) is 10.9. The first kappa shape index (κ1) is 20.3. The minimum atomic E-state index is 0.322. The first-order valence-corrected chi connectivity index (χ1v) is 10.1. The van der Waals surface area contributed by atoms with E-state index in [1.807, 2.05) is 30.3 Å². The Morgan fingerprint density at radius 3 is 2.57 bits per heavy atom. The standard InChI is InChI=1S/C22H18Cl2N4O2/c23-16-6-3-7-17(24)21(16)19-13-20(30-28-19)22-18(8-4-11-26-22)27-14-29-12-9-15-5-1-2-10-25-15/h1-8,10-11,13,27H,9,12,14H2. The molecule has 4 aromatic rings. The van der Waals surface area contributed by atoms with Crippen LogP contribution in [-0.2, 0) is 11.2 Å². The van der Waals surface area contributed by atoms with Gasteiger partial charge in [0, 0.05) is 36.1 Å². The molecule has 0 aliphatic rings. The third kappa shape index (κ3) is 4.79. The summed E-state index contributed by atoms with van der Waals surface area (Å²) in [6, 6.07) is 16.6. The Kier molecular flexibility index (Phi) is 6.59. The fraction of sp³-hybridized carbons (Fsp3) is 0.136. The van der Waals surface area contributed by atoms with Crippen molar-refractivity contribution in [3.63, 3.8) is 0 Å². The number of nitrogens with one attached hydrogen (secondary N) is 1. The molecule has 0 amide bonds. The molecule has 30 heavy (non-hydrogen) atoms. The zero-order valence-corrected chi connectivity index (χ0v) is 17.4. The van der Waals surface area contributed by atoms with Crippen LogP contribution in [0.5, 0.6) is 0 Å². The van der Waals surface area contributed by atoms with Crippen molar-refractivity contribution in [2.45, 2.75) is 6.42 Å². The second kappa shape index (κ2) is 9.71. The lowest BCUT2D eigenvalue weighted by Crippen LogP contribution is -2.10. The predicted molar refractivity (Wildman–Crippen MR) is 118 cm³/mol. The molecule has 0 saturated carbocycles. The molecule has 1 N–H and O–H groups in total. The Morgan fingerprint density at radius 1 is 0.933 bits per heavy atom. The van der Waals surface area contributed by atoms with Gasteiger partial charge >= 0.3 is 0 Å². The molecule has 8 heteroatoms. The highest BCUT2D eigenvalue weighted by Crippen LogP contribution is 2.36. The first-order chi connectivity index (χ1) is 14.7. The van der Waals surface area contributed by atoms with Crippen LogP contribution < -0.4 is 5.32 Å². The number of hydrogen-bond donors (Lipinski definition) is 1. The van der Waals surface area contributed by atoms with Crippen molar-refractivity contribution in [2.24, 2.45) is 0 Å². The zero-order valence-electron chi connectivity index (χ0n) is 15.9. The summed E-state index contributed by atoms with van der Waals surface area (Å²) in [5.41, 5.74) is 3.55. The lowest BCUT2D eigenvalue weighted by atomic mass is 10.1. The highest BCUT2D eigenvalue weighted by atomic mass is 35.5. The molecule has 0 aliphatic carbocycles. The Labute approximate surface area is 183 Å². The van der Waals surface area contributed by atoms with E-state index in [4.69, 9.17) is 32.5 Å². The largest absolute Gasteiger partial charge is 0.361 e. The Balaban J connectivity index is 1.43. The summed E-state index contributed by atoms with van der Waals surface area (Å²) < 4.78 is 11.2. The smallest absolute Gasteiger partial charge is 0.187 e. The molecule has 0 unspecified atom stereocenters. The molecule has 0 radical (unpaired) electrons. The fourth-order valence-electron chi connectivity index (χ4n) is 2.92. The van der Waals surface area contributed by atoms with Crippen LogP contribution in [0.15, 0.2) is 71.5 Å². The van der Waals surface area contributed by atoms with Gasteiger partial charge in [-0.05, 0) is 36.4 Å². The molecule has 0 aliphatic heterocycles. The number of anilines is 1. The lowest BCUT2D eigenvalue weighted by Gasteiger charge is -2.10. The van der Waals surface area contributed by atoms with Crippen molar-refractivity contribution in [1.29, 1.82) is 0 Å². The number of pyridine rings is 2. The third-order valence-corrected chi connectivity index (χ3v) is 4.99. The average molecular weight is 441 g/mol. The molecule has 4 rings (SSSR count). The lowest BCUT2D eigenvalue weighted by molar-refractivity contribution is 0.155. The summed E-state index contributed by atoms with van der Waals surface area (Å²) in [7, 11) is 0. The molecule has 152 valence electrons. The minimum absolute atomic E-state index is 0.322. The van der Waals surface area contributed by atoms with Crippen molar-refractivity contribution in [2.75, 3.05) is 18.7 Å². The number of nitrogens with zero attached hydrogens (tertiary/aromatic N) is 3. The van der Waals surface area contributed by atoms with Gasteiger partial charge in [-0.25, -0.2) is 0 Å². The Morgan fingerprint density at radius 2 is 1.77 bits per heavy atom. The summed E-state index contributed by atoms with van der Waals surface area (Å²) in [4.78, 5) is 8.70. The van der Waals surface area contributed by atoms with Gasteiger partial charge in [0.05, 0.1) is 22.3 Å². The molecule has 3 heterocycles. The fourth-order valence-corrected chi connectivity index (χ4v) is 3.51. The van der Waals surface area contributed by atoms with E-state index in [-0.39, 0.29) is 0 Å². The van der Waals surface area contributed by atoms with Crippen LogP contribution in [0, 0.1) is 0 Å². The molecule has 0 atom stereocenters. The van der Waals surface area contributed by atoms with E-state index in [1.165, 1.54) is 0 Å². The van der Waals surface area contributed by atoms with E-state index < -0.39 is 0 Å². The molecular weight excluding hydrogens is 423 g/mol. The summed E-state index contributed by atoms with van der Waals surface area (Å²) in [5, 5.41) is 8.35. The van der Waals surface area contributed by atoms with Crippen molar-refractivity contribution in [1.82, 2.24) is 15.1 Å². The molecule has 0 bridgehead atoms. The SMILES string of the molecule is Clc1cccc(Cl)c1-c1cc(-c2ncccc2NCOCCc2ccccn2)on1. The molecule has 6 nitrogen and oxygen atoms in total. The van der Waals surface area contributed by atoms with Gasteiger partial charge in [0.25, 0.3) is 0 Å². The van der Waals surface area contributed by atoms with E-state index in [9.17, 15) is 0 Å². The summed E-state index contributed by atoms with van der Waals surface area (Å²) in [6.07, 6.45) is 4.20. The van der Waals surface area contributed by atoms with E-state index >= 15 is 0 Å². The summed E-state index contributed by atoms with van der Waals surface area (Å²) in [6.45, 7) is 0.875. The molecule has 3 aromatic heterocycles. The highest BCUT2D eigenvalue weighted by molar-refractivity contribution is 6.39. The number of ether oxygens (including phenoxy) is 1. The van der Waals surface area contributed by atoms with Gasteiger partial charge in [-0.2, -0.15) is 0 Å². The second-order valence-corrected chi connectivity index (χ2v) is 7.19. The van der Waals surface area contributed by atoms with Crippen LogP contribution in [0.1, 0.15) is 5.69 Å². The highest BCUT2D eigenvalue weighted by Gasteiger charge is 2.17. The van der Waals surface area contributed by atoms with Crippen molar-refractivity contribution in [3.8, 4) is 22.7 Å². The monoisotopic (exact) mass is 440 g/mol. The first-order valence-electron chi connectivity index (χ1n) is 9.30. The van der Waals surface area contributed by atoms with Crippen molar-refractivity contribution >= 4 is 28.9 Å². The minimum Gasteiger partial charge on any atom is -0.361 e. The van der Waals surface area contributed by atoms with Crippen LogP contribution in [-0.4, -0.2) is 28.5 Å². The van der Waals surface area contributed by atoms with Crippen LogP contribution in [0.3, 0.4) is 0 Å². The van der Waals surface area contributed by atoms with E-state index in [1.54, 1.807) is 36.7 Å². The van der Waals surface area contributed by atoms with Gasteiger partial charge in [-0.3, -0.25) is 9.97 Å². The van der Waals surface area contributed by atoms with Crippen LogP contribution in [0.4, 0.5) is 5.69 Å². The number of rotatable bonds is 8. The third-order valence-electron chi connectivity index (χ3n) is 4.36. The van der Waals surface area contributed by atoms with Crippen LogP contribution in [0.25, 0.3) is 22.7 Å². The zero-order chi connectivity index (χ0) is 20.8. The maximum atomic E-state index is 6.28. The van der Waals surface area contributed by atoms with Gasteiger partial charge in [-0.1, -0.05) is 40.5 Å². The van der Waals surface area contributed by atoms with Crippen molar-refractivity contribution < 1.29 is 9.26 Å². The van der Waals surface area contributed by atoms with Gasteiger partial charge < -0.3 is 14.6 Å². The van der Waals surface area contributed by atoms with E-state index in [0.717, 1.165) is 17.8 Å². The number of hydrogen-bond acceptors (Lipinski definition) is 6. The quantitative estimate of drug-likeness (QED) is 0.278. The Bertz CT molecular complexity index is 1100. The van der Waals surface area contributed by atoms with Crippen molar-refractivity contribution in [3.05, 3.63) is 82.7 Å². The molecule has 0 fully saturated rings. The maximum absolute atomic E-state index is 6.28. The number of halogens is 2. The van der Waals surface area contributed by atoms with Crippen LogP contribution >= 0.6 is 23.2 Å². The van der Waals surface area contributed by atoms with E-state index in [2.05, 4.69) is 20.4 Å². The van der Waals surface area contributed by atoms with Gasteiger partial charge in [-0.15, -0.1) is 0 Å². The van der Waals surface area contributed by atoms with Gasteiger partial charge in [0.2, 0.25) is 0 Å². The molecular formula is C22H18Cl2N4O2. The van der Waals surface area contributed by atoms with E-state index in [0.29, 0.717) is 46.1 Å². The second-order valence-electron chi connectivity index (χ2n) is 6.37. The average Bonchev–Trinajstić information content (AvgIpc) is 3.24. The molecule has 0 saturated heterocycles. The summed E-state index contributed by atoms with van der Waals surface area (Å²) >= 11 is 12.6. The number of benzene rings is 1. The van der Waals surface area contributed by atoms with Gasteiger partial charge in [0.1, 0.15) is 18.1 Å². The van der Waals surface area contributed by atoms with Crippen LogP contribution in [0.2, 0.25) is 10.0 Å². The number of aromatic nitrogens is 3. The predicted octanol–water partition coefficient (Wildman–Crippen LogP) is 5.73. The topological polar surface area (TPSA) is 73.1 Å². The maximum Gasteiger partial charge on any atom is 0.187 e. The summed E-state index contributed by atoms with van der Waals surface area (Å²) in [5.74, 6) is 0.498. The van der Waals surface area contributed by atoms with Gasteiger partial charge in [0.15, 0.2) is 5.76 Å². The molecule has 0 spiro atoms. The molecule has 1 aromatic carbocycles.